The lowest BCUT2D eigenvalue weighted by molar-refractivity contribution is -0.146. The predicted octanol–water partition coefficient (Wildman–Crippen LogP) is 3.21. The van der Waals surface area contributed by atoms with E-state index in [4.69, 9.17) is 4.74 Å². The van der Waals surface area contributed by atoms with E-state index in [9.17, 15) is 23.1 Å². The first kappa shape index (κ1) is 30.7. The van der Waals surface area contributed by atoms with E-state index >= 15 is 0 Å². The van der Waals surface area contributed by atoms with Gasteiger partial charge >= 0.3 is 6.18 Å². The van der Waals surface area contributed by atoms with E-state index in [1.165, 1.54) is 24.3 Å². The number of amides is 1. The smallest absolute Gasteiger partial charge is 0.453 e. The van der Waals surface area contributed by atoms with E-state index in [0.29, 0.717) is 55.3 Å². The fourth-order valence-electron chi connectivity index (χ4n) is 6.72. The van der Waals surface area contributed by atoms with Gasteiger partial charge in [-0.3, -0.25) is 14.6 Å². The van der Waals surface area contributed by atoms with Crippen molar-refractivity contribution >= 4 is 5.91 Å². The molecule has 0 saturated carbocycles. The van der Waals surface area contributed by atoms with E-state index in [1.807, 2.05) is 36.4 Å². The van der Waals surface area contributed by atoms with Crippen LogP contribution in [0.25, 0.3) is 5.69 Å². The minimum atomic E-state index is -4.73. The molecule has 0 aliphatic carbocycles. The average molecular weight is 622 g/mol. The van der Waals surface area contributed by atoms with Gasteiger partial charge in [0.2, 0.25) is 5.91 Å². The Morgan fingerprint density at radius 2 is 1.67 bits per heavy atom. The Balaban J connectivity index is 1.37. The number of aliphatic hydroxyl groups is 1. The summed E-state index contributed by atoms with van der Waals surface area (Å²) >= 11 is 0. The van der Waals surface area contributed by atoms with E-state index in [1.54, 1.807) is 17.0 Å². The van der Waals surface area contributed by atoms with E-state index < -0.39 is 18.6 Å². The van der Waals surface area contributed by atoms with Gasteiger partial charge in [0.25, 0.3) is 5.82 Å². The number of rotatable bonds is 8. The Hall–Kier alpha value is -4.33. The number of methoxy groups -OCH3 is 1. The van der Waals surface area contributed by atoms with Gasteiger partial charge in [-0.15, -0.1) is 5.10 Å². The predicted molar refractivity (Wildman–Crippen MR) is 159 cm³/mol. The first-order valence-corrected chi connectivity index (χ1v) is 14.8. The van der Waals surface area contributed by atoms with E-state index in [-0.39, 0.29) is 29.6 Å². The Bertz CT molecular complexity index is 1560. The highest BCUT2D eigenvalue weighted by atomic mass is 19.4. The van der Waals surface area contributed by atoms with Crippen LogP contribution in [-0.2, 0) is 17.5 Å². The summed E-state index contributed by atoms with van der Waals surface area (Å²) in [6.07, 6.45) is -4.73. The van der Waals surface area contributed by atoms with Gasteiger partial charge in [-0.1, -0.05) is 60.7 Å². The number of hydrogen-bond acceptors (Lipinski definition) is 8. The number of ether oxygens (including phenoxy) is 1. The van der Waals surface area contributed by atoms with Crippen LogP contribution in [0.15, 0.2) is 78.9 Å². The normalized spacial score (nSPS) is 19.5. The molecule has 3 heterocycles. The van der Waals surface area contributed by atoms with Crippen molar-refractivity contribution < 1.29 is 27.8 Å². The zero-order chi connectivity index (χ0) is 31.6. The van der Waals surface area contributed by atoms with Gasteiger partial charge in [0.15, 0.2) is 0 Å². The van der Waals surface area contributed by atoms with Gasteiger partial charge in [0, 0.05) is 62.8 Å². The third kappa shape index (κ3) is 6.42. The highest BCUT2D eigenvalue weighted by molar-refractivity contribution is 5.77. The summed E-state index contributed by atoms with van der Waals surface area (Å²) in [5.74, 6) is -0.969. The number of aliphatic hydroxyl groups excluding tert-OH is 1. The summed E-state index contributed by atoms with van der Waals surface area (Å²) in [6, 6.07) is 25.4. The summed E-state index contributed by atoms with van der Waals surface area (Å²) < 4.78 is 47.2. The van der Waals surface area contributed by atoms with Crippen LogP contribution in [0.1, 0.15) is 28.4 Å². The molecular weight excluding hydrogens is 587 g/mol. The van der Waals surface area contributed by atoms with Crippen LogP contribution in [0.5, 0.6) is 5.75 Å². The van der Waals surface area contributed by atoms with Gasteiger partial charge in [-0.05, 0) is 39.8 Å². The molecule has 2 aliphatic rings. The molecule has 1 N–H and O–H groups in total. The van der Waals surface area contributed by atoms with E-state index in [2.05, 4.69) is 49.6 Å². The lowest BCUT2D eigenvalue weighted by atomic mass is 9.81. The van der Waals surface area contributed by atoms with Gasteiger partial charge in [0.05, 0.1) is 12.8 Å². The van der Waals surface area contributed by atoms with Gasteiger partial charge in [-0.2, -0.15) is 17.9 Å². The molecule has 2 aliphatic heterocycles. The fraction of sp³-hybridized carbons (Fsp3) is 0.375. The minimum Gasteiger partial charge on any atom is -0.496 e. The molecule has 3 aromatic carbocycles. The number of tetrazole rings is 1. The fourth-order valence-corrected chi connectivity index (χ4v) is 6.72. The van der Waals surface area contributed by atoms with Crippen LogP contribution in [0.3, 0.4) is 0 Å². The third-order valence-corrected chi connectivity index (χ3v) is 8.68. The zero-order valence-electron chi connectivity index (χ0n) is 24.7. The molecule has 236 valence electrons. The Kier molecular flexibility index (Phi) is 8.83. The lowest BCUT2D eigenvalue weighted by Crippen LogP contribution is -2.67. The molecule has 4 aromatic rings. The number of halogens is 3. The quantitative estimate of drug-likeness (QED) is 0.321. The van der Waals surface area contributed by atoms with Crippen molar-refractivity contribution in [2.24, 2.45) is 0 Å². The largest absolute Gasteiger partial charge is 0.496 e. The Labute approximate surface area is 258 Å². The van der Waals surface area contributed by atoms with Crippen molar-refractivity contribution in [3.8, 4) is 11.4 Å². The molecule has 0 unspecified atom stereocenters. The molecule has 45 heavy (non-hydrogen) atoms. The van der Waals surface area contributed by atoms with Crippen molar-refractivity contribution in [1.29, 1.82) is 0 Å². The summed E-state index contributed by atoms with van der Waals surface area (Å²) in [5.41, 5.74) is 3.19. The van der Waals surface area contributed by atoms with Gasteiger partial charge in [-0.25, -0.2) is 0 Å². The molecule has 0 radical (unpaired) electrons. The molecule has 2 atom stereocenters. The second-order valence-electron chi connectivity index (χ2n) is 11.4. The number of piperazine rings is 2. The maximum Gasteiger partial charge on any atom is 0.453 e. The molecule has 2 saturated heterocycles. The number of carbonyl (C=O) groups is 1. The van der Waals surface area contributed by atoms with Crippen LogP contribution in [-0.4, -0.2) is 104 Å². The Morgan fingerprint density at radius 3 is 2.29 bits per heavy atom. The maximum absolute atomic E-state index is 13.6. The summed E-state index contributed by atoms with van der Waals surface area (Å²) in [6.45, 7) is 2.73. The number of benzene rings is 3. The van der Waals surface area contributed by atoms with Crippen LogP contribution >= 0.6 is 0 Å². The van der Waals surface area contributed by atoms with Crippen molar-refractivity contribution in [2.75, 3.05) is 46.4 Å². The number of nitrogens with zero attached hydrogens (tertiary/aromatic N) is 7. The SMILES string of the molecule is COc1ccc(-n2nnnc2C(F)(F)F)cc1CN1C[C@@H]2CN(C(=O)CO)CCN2[C@H](C(c2ccccc2)c2ccccc2)C1. The van der Waals surface area contributed by atoms with Crippen molar-refractivity contribution in [1.82, 2.24) is 34.9 Å². The highest BCUT2D eigenvalue weighted by Gasteiger charge is 2.43. The van der Waals surface area contributed by atoms with Crippen molar-refractivity contribution in [3.63, 3.8) is 0 Å². The number of aromatic nitrogens is 4. The summed E-state index contributed by atoms with van der Waals surface area (Å²) in [4.78, 5) is 19.0. The minimum absolute atomic E-state index is 0.0154. The molecule has 6 rings (SSSR count). The first-order chi connectivity index (χ1) is 21.8. The molecular formula is C32H34F3N7O3. The summed E-state index contributed by atoms with van der Waals surface area (Å²) in [5, 5.41) is 19.6. The first-order valence-electron chi connectivity index (χ1n) is 14.8. The number of carbonyl (C=O) groups excluding carboxylic acids is 1. The van der Waals surface area contributed by atoms with Crippen LogP contribution in [0.4, 0.5) is 13.2 Å². The standard InChI is InChI=1S/C32H34F3N7O3/c1-45-28-13-12-25(42-31(32(33,34)35)36-37-38-42)16-24(28)17-39-18-26-19-40(29(44)21-43)14-15-41(26)27(20-39)30(22-8-4-2-5-9-22)23-10-6-3-7-11-23/h2-13,16,26-27,30,43H,14-15,17-21H2,1H3/t26-,27+/m1/s1. The number of hydrogen-bond donors (Lipinski definition) is 1. The lowest BCUT2D eigenvalue weighted by Gasteiger charge is -2.53. The van der Waals surface area contributed by atoms with Crippen LogP contribution in [0, 0.1) is 0 Å². The van der Waals surface area contributed by atoms with Crippen LogP contribution in [0.2, 0.25) is 0 Å². The molecule has 1 aromatic heterocycles. The maximum atomic E-state index is 13.6. The molecule has 0 bridgehead atoms. The molecule has 13 heteroatoms. The number of fused-ring (bicyclic) bond motifs is 1. The van der Waals surface area contributed by atoms with Gasteiger partial charge < -0.3 is 14.7 Å². The Morgan fingerprint density at radius 1 is 0.978 bits per heavy atom. The van der Waals surface area contributed by atoms with Crippen molar-refractivity contribution in [2.45, 2.75) is 30.7 Å². The second kappa shape index (κ2) is 13.0. The highest BCUT2D eigenvalue weighted by Crippen LogP contribution is 2.37. The average Bonchev–Trinajstić information content (AvgIpc) is 3.57. The third-order valence-electron chi connectivity index (χ3n) is 8.68. The number of alkyl halides is 3. The molecule has 10 nitrogen and oxygen atoms in total. The monoisotopic (exact) mass is 621 g/mol. The second-order valence-corrected chi connectivity index (χ2v) is 11.4. The summed E-state index contributed by atoms with van der Waals surface area (Å²) in [7, 11) is 1.53. The molecule has 0 spiro atoms. The molecule has 2 fully saturated rings. The topological polar surface area (TPSA) is 99.8 Å². The van der Waals surface area contributed by atoms with E-state index in [0.717, 1.165) is 0 Å². The van der Waals surface area contributed by atoms with Gasteiger partial charge in [0.1, 0.15) is 12.4 Å². The van der Waals surface area contributed by atoms with Crippen molar-refractivity contribution in [3.05, 3.63) is 101 Å². The van der Waals surface area contributed by atoms with Crippen LogP contribution < -0.4 is 4.74 Å². The zero-order valence-corrected chi connectivity index (χ0v) is 24.7. The molecule has 1 amide bonds.